The molecule has 0 aliphatic carbocycles. The third-order valence-electron chi connectivity index (χ3n) is 2.58. The number of primary amides is 1. The quantitative estimate of drug-likeness (QED) is 0.860. The van der Waals surface area contributed by atoms with Gasteiger partial charge in [0.2, 0.25) is 5.91 Å². The number of halogens is 3. The Balaban J connectivity index is 2.17. The second-order valence-corrected chi connectivity index (χ2v) is 5.78. The summed E-state index contributed by atoms with van der Waals surface area (Å²) in [6.07, 6.45) is 0. The summed E-state index contributed by atoms with van der Waals surface area (Å²) in [6.45, 7) is 0.322. The molecular formula is C14H10BrCl2NO2. The summed E-state index contributed by atoms with van der Waals surface area (Å²) in [5, 5.41) is 0.506. The maximum absolute atomic E-state index is 11.1. The van der Waals surface area contributed by atoms with E-state index in [1.807, 2.05) is 24.3 Å². The van der Waals surface area contributed by atoms with Crippen LogP contribution in [0.4, 0.5) is 0 Å². The predicted molar refractivity (Wildman–Crippen MR) is 83.5 cm³/mol. The van der Waals surface area contributed by atoms with Crippen molar-refractivity contribution in [3.05, 3.63) is 62.0 Å². The van der Waals surface area contributed by atoms with Crippen LogP contribution in [0.1, 0.15) is 15.9 Å². The summed E-state index contributed by atoms with van der Waals surface area (Å²) in [5.41, 5.74) is 6.40. The molecule has 0 spiro atoms. The number of ether oxygens (including phenoxy) is 1. The fraction of sp³-hybridized carbons (Fsp3) is 0.0714. The third-order valence-corrected chi connectivity index (χ3v) is 3.67. The minimum absolute atomic E-state index is 0.246. The molecule has 0 fully saturated rings. The molecule has 1 amide bonds. The first-order chi connectivity index (χ1) is 9.47. The van der Waals surface area contributed by atoms with Gasteiger partial charge in [-0.25, -0.2) is 0 Å². The smallest absolute Gasteiger partial charge is 0.248 e. The van der Waals surface area contributed by atoms with Gasteiger partial charge in [0.25, 0.3) is 0 Å². The topological polar surface area (TPSA) is 52.3 Å². The van der Waals surface area contributed by atoms with Crippen molar-refractivity contribution in [2.24, 2.45) is 5.73 Å². The third kappa shape index (κ3) is 3.66. The Labute approximate surface area is 134 Å². The zero-order chi connectivity index (χ0) is 14.7. The standard InChI is InChI=1S/C14H10BrCl2NO2/c15-10-3-1-8(2-4-10)7-20-13-11(16)5-9(14(18)19)6-12(13)17/h1-6H,7H2,(H2,18,19). The van der Waals surface area contributed by atoms with Crippen LogP contribution in [0.5, 0.6) is 5.75 Å². The Morgan fingerprint density at radius 1 is 1.15 bits per heavy atom. The van der Waals surface area contributed by atoms with Gasteiger partial charge in [0, 0.05) is 10.0 Å². The Morgan fingerprint density at radius 2 is 1.70 bits per heavy atom. The van der Waals surface area contributed by atoms with Gasteiger partial charge in [-0.1, -0.05) is 51.3 Å². The second-order valence-electron chi connectivity index (χ2n) is 4.05. The number of hydrogen-bond donors (Lipinski definition) is 1. The lowest BCUT2D eigenvalue weighted by atomic mass is 10.2. The molecule has 2 aromatic rings. The molecule has 0 unspecified atom stereocenters. The number of rotatable bonds is 4. The summed E-state index contributed by atoms with van der Waals surface area (Å²) in [4.78, 5) is 11.1. The van der Waals surface area contributed by atoms with E-state index in [0.29, 0.717) is 12.4 Å². The molecule has 0 aliphatic rings. The van der Waals surface area contributed by atoms with Crippen LogP contribution in [-0.4, -0.2) is 5.91 Å². The van der Waals surface area contributed by atoms with Gasteiger partial charge in [0.05, 0.1) is 10.0 Å². The van der Waals surface area contributed by atoms with Gasteiger partial charge in [-0.05, 0) is 29.8 Å². The number of carbonyl (C=O) groups excluding carboxylic acids is 1. The van der Waals surface area contributed by atoms with Gasteiger partial charge < -0.3 is 10.5 Å². The molecule has 2 rings (SSSR count). The number of carbonyl (C=O) groups is 1. The lowest BCUT2D eigenvalue weighted by molar-refractivity contribution is 0.1000. The fourth-order valence-corrected chi connectivity index (χ4v) is 2.44. The molecule has 2 aromatic carbocycles. The maximum atomic E-state index is 11.1. The lowest BCUT2D eigenvalue weighted by Crippen LogP contribution is -2.11. The van der Waals surface area contributed by atoms with Gasteiger partial charge in [0.15, 0.2) is 5.75 Å². The molecule has 20 heavy (non-hydrogen) atoms. The number of amides is 1. The Morgan fingerprint density at radius 3 is 2.20 bits per heavy atom. The van der Waals surface area contributed by atoms with Crippen molar-refractivity contribution >= 4 is 45.0 Å². The second kappa shape index (κ2) is 6.48. The zero-order valence-electron chi connectivity index (χ0n) is 10.2. The van der Waals surface area contributed by atoms with Gasteiger partial charge in [-0.2, -0.15) is 0 Å². The summed E-state index contributed by atoms with van der Waals surface area (Å²) in [5.74, 6) is -0.255. The van der Waals surface area contributed by atoms with E-state index in [1.54, 1.807) is 0 Å². The maximum Gasteiger partial charge on any atom is 0.248 e. The highest BCUT2D eigenvalue weighted by Crippen LogP contribution is 2.34. The monoisotopic (exact) mass is 373 g/mol. The van der Waals surface area contributed by atoms with E-state index in [1.165, 1.54) is 12.1 Å². The molecule has 0 heterocycles. The molecule has 104 valence electrons. The minimum Gasteiger partial charge on any atom is -0.486 e. The first kappa shape index (κ1) is 15.2. The molecule has 0 saturated heterocycles. The van der Waals surface area contributed by atoms with Crippen LogP contribution in [0.15, 0.2) is 40.9 Å². The highest BCUT2D eigenvalue weighted by Gasteiger charge is 2.12. The first-order valence-electron chi connectivity index (χ1n) is 5.63. The molecule has 0 radical (unpaired) electrons. The molecule has 2 N–H and O–H groups in total. The highest BCUT2D eigenvalue weighted by atomic mass is 79.9. The number of benzene rings is 2. The average Bonchev–Trinajstić information content (AvgIpc) is 2.39. The van der Waals surface area contributed by atoms with Crippen LogP contribution in [0.2, 0.25) is 10.0 Å². The Hall–Kier alpha value is -1.23. The summed E-state index contributed by atoms with van der Waals surface area (Å²) in [6, 6.07) is 10.5. The van der Waals surface area contributed by atoms with Crippen molar-refractivity contribution in [3.63, 3.8) is 0 Å². The van der Waals surface area contributed by atoms with E-state index in [4.69, 9.17) is 33.7 Å². The highest BCUT2D eigenvalue weighted by molar-refractivity contribution is 9.10. The van der Waals surface area contributed by atoms with Gasteiger partial charge in [-0.3, -0.25) is 4.79 Å². The normalized spacial score (nSPS) is 10.3. The van der Waals surface area contributed by atoms with Crippen LogP contribution in [0.3, 0.4) is 0 Å². The predicted octanol–water partition coefficient (Wildman–Crippen LogP) is 4.43. The van der Waals surface area contributed by atoms with Crippen molar-refractivity contribution in [1.82, 2.24) is 0 Å². The van der Waals surface area contributed by atoms with Crippen molar-refractivity contribution in [2.75, 3.05) is 0 Å². The molecule has 0 atom stereocenters. The largest absolute Gasteiger partial charge is 0.486 e. The minimum atomic E-state index is -0.590. The molecule has 6 heteroatoms. The first-order valence-corrected chi connectivity index (χ1v) is 7.18. The van der Waals surface area contributed by atoms with E-state index in [-0.39, 0.29) is 15.6 Å². The van der Waals surface area contributed by atoms with E-state index in [0.717, 1.165) is 10.0 Å². The van der Waals surface area contributed by atoms with Crippen molar-refractivity contribution in [3.8, 4) is 5.75 Å². The van der Waals surface area contributed by atoms with E-state index in [9.17, 15) is 4.79 Å². The lowest BCUT2D eigenvalue weighted by Gasteiger charge is -2.11. The number of nitrogens with two attached hydrogens (primary N) is 1. The van der Waals surface area contributed by atoms with Gasteiger partial charge >= 0.3 is 0 Å². The molecule has 3 nitrogen and oxygen atoms in total. The van der Waals surface area contributed by atoms with Crippen LogP contribution in [0.25, 0.3) is 0 Å². The van der Waals surface area contributed by atoms with E-state index >= 15 is 0 Å². The van der Waals surface area contributed by atoms with Crippen molar-refractivity contribution in [2.45, 2.75) is 6.61 Å². The molecule has 0 bridgehead atoms. The van der Waals surface area contributed by atoms with E-state index in [2.05, 4.69) is 15.9 Å². The zero-order valence-corrected chi connectivity index (χ0v) is 13.3. The molecular weight excluding hydrogens is 365 g/mol. The van der Waals surface area contributed by atoms with Gasteiger partial charge in [-0.15, -0.1) is 0 Å². The van der Waals surface area contributed by atoms with Crippen LogP contribution < -0.4 is 10.5 Å². The van der Waals surface area contributed by atoms with Crippen LogP contribution in [0, 0.1) is 0 Å². The van der Waals surface area contributed by atoms with Crippen molar-refractivity contribution < 1.29 is 9.53 Å². The summed E-state index contributed by atoms with van der Waals surface area (Å²) < 4.78 is 6.59. The molecule has 0 aromatic heterocycles. The Bertz CT molecular complexity index is 621. The molecule has 0 aliphatic heterocycles. The summed E-state index contributed by atoms with van der Waals surface area (Å²) >= 11 is 15.5. The fourth-order valence-electron chi connectivity index (χ4n) is 1.58. The average molecular weight is 375 g/mol. The number of hydrogen-bond acceptors (Lipinski definition) is 2. The SMILES string of the molecule is NC(=O)c1cc(Cl)c(OCc2ccc(Br)cc2)c(Cl)c1. The Kier molecular flexibility index (Phi) is 4.91. The van der Waals surface area contributed by atoms with Crippen molar-refractivity contribution in [1.29, 1.82) is 0 Å². The van der Waals surface area contributed by atoms with Gasteiger partial charge in [0.1, 0.15) is 6.61 Å². The van der Waals surface area contributed by atoms with Crippen LogP contribution >= 0.6 is 39.1 Å². The van der Waals surface area contributed by atoms with Crippen LogP contribution in [-0.2, 0) is 6.61 Å². The summed E-state index contributed by atoms with van der Waals surface area (Å²) in [7, 11) is 0. The molecule has 0 saturated carbocycles. The van der Waals surface area contributed by atoms with E-state index < -0.39 is 5.91 Å².